The van der Waals surface area contributed by atoms with Crippen LogP contribution in [0.25, 0.3) is 0 Å². The predicted molar refractivity (Wildman–Crippen MR) is 59.3 cm³/mol. The van der Waals surface area contributed by atoms with Gasteiger partial charge >= 0.3 is 7.32 Å². The molecule has 1 N–H and O–H groups in total. The summed E-state index contributed by atoms with van der Waals surface area (Å²) < 4.78 is 15.0. The van der Waals surface area contributed by atoms with Crippen molar-refractivity contribution < 1.29 is 18.9 Å². The van der Waals surface area contributed by atoms with Crippen molar-refractivity contribution in [2.45, 2.75) is 0 Å². The third kappa shape index (κ3) is 4.16. The quantitative estimate of drug-likeness (QED) is 0.441. The van der Waals surface area contributed by atoms with Crippen LogP contribution in [0.1, 0.15) is 0 Å². The van der Waals surface area contributed by atoms with Gasteiger partial charge in [-0.15, -0.1) is 0 Å². The Morgan fingerprint density at radius 3 is 2.69 bits per heavy atom. The van der Waals surface area contributed by atoms with E-state index in [0.717, 1.165) is 6.08 Å². The molecule has 5 nitrogen and oxygen atoms in total. The van der Waals surface area contributed by atoms with E-state index < -0.39 is 13.2 Å². The van der Waals surface area contributed by atoms with Gasteiger partial charge in [-0.2, -0.15) is 0 Å². The second-order valence-corrected chi connectivity index (χ2v) is 2.74. The molecule has 16 heavy (non-hydrogen) atoms. The van der Waals surface area contributed by atoms with Crippen LogP contribution in [0, 0.1) is 0 Å². The molecule has 0 unspecified atom stereocenters. The molecule has 0 aliphatic rings. The molecule has 6 heteroatoms. The number of hydroxylamine groups is 1. The van der Waals surface area contributed by atoms with Gasteiger partial charge in [0.2, 0.25) is 0 Å². The van der Waals surface area contributed by atoms with Gasteiger partial charge in [0, 0.05) is 7.11 Å². The van der Waals surface area contributed by atoms with E-state index in [0.29, 0.717) is 5.75 Å². The van der Waals surface area contributed by atoms with Crippen molar-refractivity contribution in [1.29, 1.82) is 0 Å². The predicted octanol–water partition coefficient (Wildman–Crippen LogP) is 0.930. The number of hydrogen-bond acceptors (Lipinski definition) is 4. The molecule has 0 fully saturated rings. The number of para-hydroxylation sites is 1. The first-order chi connectivity index (χ1) is 7.76. The maximum Gasteiger partial charge on any atom is 0.735 e. The molecular weight excluding hydrogens is 209 g/mol. The third-order valence-electron chi connectivity index (χ3n) is 1.61. The van der Waals surface area contributed by atoms with Gasteiger partial charge in [-0.3, -0.25) is 9.55 Å². The van der Waals surface area contributed by atoms with Gasteiger partial charge in [0.1, 0.15) is 5.75 Å². The Bertz CT molecular complexity index is 344. The van der Waals surface area contributed by atoms with Crippen molar-refractivity contribution in [1.82, 2.24) is 5.48 Å². The smallest absolute Gasteiger partial charge is 0.511 e. The summed E-state index contributed by atoms with van der Waals surface area (Å²) in [4.78, 5) is 10.8. The number of hydrogen-bond donors (Lipinski definition) is 1. The zero-order valence-electron chi connectivity index (χ0n) is 8.88. The molecule has 0 bridgehead atoms. The SMILES string of the molecule is C=CC(=O)NOB(OC)Oc1ccccc1. The van der Waals surface area contributed by atoms with E-state index in [9.17, 15) is 4.79 Å². The molecule has 0 heterocycles. The standard InChI is InChI=1S/C10H12BNO4/c1-3-10(13)12-16-11(14-2)15-9-7-5-4-6-8-9/h3-8H,1H2,2H3,(H,12,13). The summed E-state index contributed by atoms with van der Waals surface area (Å²) in [5.41, 5.74) is 2.10. The Labute approximate surface area is 94.1 Å². The fraction of sp³-hybridized carbons (Fsp3) is 0.100. The molecule has 1 aromatic rings. The Balaban J connectivity index is 2.43. The van der Waals surface area contributed by atoms with Crippen molar-refractivity contribution in [2.75, 3.05) is 7.11 Å². The summed E-state index contributed by atoms with van der Waals surface area (Å²) in [6, 6.07) is 8.96. The minimum Gasteiger partial charge on any atom is -0.511 e. The van der Waals surface area contributed by atoms with Crippen LogP contribution in [0.3, 0.4) is 0 Å². The van der Waals surface area contributed by atoms with Crippen molar-refractivity contribution in [2.24, 2.45) is 0 Å². The van der Waals surface area contributed by atoms with Crippen LogP contribution in [-0.2, 0) is 14.2 Å². The lowest BCUT2D eigenvalue weighted by Crippen LogP contribution is -2.37. The molecule has 1 amide bonds. The van der Waals surface area contributed by atoms with Gasteiger partial charge in [-0.1, -0.05) is 24.8 Å². The largest absolute Gasteiger partial charge is 0.735 e. The van der Waals surface area contributed by atoms with Crippen molar-refractivity contribution in [3.8, 4) is 5.75 Å². The van der Waals surface area contributed by atoms with Gasteiger partial charge < -0.3 is 9.31 Å². The van der Waals surface area contributed by atoms with Crippen molar-refractivity contribution in [3.05, 3.63) is 43.0 Å². The Morgan fingerprint density at radius 1 is 1.44 bits per heavy atom. The van der Waals surface area contributed by atoms with Crippen LogP contribution in [0.5, 0.6) is 5.75 Å². The highest BCUT2D eigenvalue weighted by Gasteiger charge is 2.23. The molecule has 84 valence electrons. The molecule has 0 aliphatic carbocycles. The first-order valence-electron chi connectivity index (χ1n) is 4.59. The molecule has 0 saturated heterocycles. The second kappa shape index (κ2) is 6.65. The van der Waals surface area contributed by atoms with E-state index in [1.54, 1.807) is 12.1 Å². The van der Waals surface area contributed by atoms with Gasteiger partial charge in [-0.25, -0.2) is 5.48 Å². The maximum absolute atomic E-state index is 10.8. The van der Waals surface area contributed by atoms with Gasteiger partial charge in [0.25, 0.3) is 5.91 Å². The minimum absolute atomic E-state index is 0.473. The molecule has 0 spiro atoms. The first kappa shape index (κ1) is 12.3. The van der Waals surface area contributed by atoms with E-state index in [2.05, 4.69) is 12.1 Å². The van der Waals surface area contributed by atoms with Crippen molar-refractivity contribution >= 4 is 13.2 Å². The summed E-state index contributed by atoms with van der Waals surface area (Å²) in [6.07, 6.45) is 1.08. The average molecular weight is 221 g/mol. The topological polar surface area (TPSA) is 56.8 Å². The fourth-order valence-corrected chi connectivity index (χ4v) is 0.878. The molecular formula is C10H12BNO4. The Kier molecular flexibility index (Phi) is 5.11. The maximum atomic E-state index is 10.8. The number of benzene rings is 1. The van der Waals surface area contributed by atoms with E-state index in [1.807, 2.05) is 18.2 Å². The van der Waals surface area contributed by atoms with Crippen LogP contribution < -0.4 is 10.1 Å². The van der Waals surface area contributed by atoms with Crippen LogP contribution in [0.2, 0.25) is 0 Å². The number of carbonyl (C=O) groups excluding carboxylic acids is 1. The Morgan fingerprint density at radius 2 is 2.12 bits per heavy atom. The molecule has 0 atom stereocenters. The summed E-state index contributed by atoms with van der Waals surface area (Å²) in [5.74, 6) is 0.0981. The lowest BCUT2D eigenvalue weighted by molar-refractivity contribution is -0.124. The van der Waals surface area contributed by atoms with Gasteiger partial charge in [-0.05, 0) is 18.2 Å². The molecule has 0 aromatic heterocycles. The molecule has 0 radical (unpaired) electrons. The van der Waals surface area contributed by atoms with Gasteiger partial charge in [0.15, 0.2) is 0 Å². The number of amides is 1. The summed E-state index contributed by atoms with van der Waals surface area (Å²) in [6.45, 7) is 3.27. The summed E-state index contributed by atoms with van der Waals surface area (Å²) >= 11 is 0. The van der Waals surface area contributed by atoms with Crippen LogP contribution in [0.4, 0.5) is 0 Å². The van der Waals surface area contributed by atoms with E-state index >= 15 is 0 Å². The van der Waals surface area contributed by atoms with E-state index in [-0.39, 0.29) is 0 Å². The lowest BCUT2D eigenvalue weighted by Gasteiger charge is -2.12. The summed E-state index contributed by atoms with van der Waals surface area (Å²) in [7, 11) is 0.388. The minimum atomic E-state index is -1.01. The molecule has 1 rings (SSSR count). The Hall–Kier alpha value is -1.79. The van der Waals surface area contributed by atoms with Crippen LogP contribution in [0.15, 0.2) is 43.0 Å². The number of carbonyl (C=O) groups is 1. The zero-order valence-corrected chi connectivity index (χ0v) is 8.88. The lowest BCUT2D eigenvalue weighted by atomic mass is 10.2. The highest BCUT2D eigenvalue weighted by molar-refractivity contribution is 6.37. The zero-order chi connectivity index (χ0) is 11.8. The first-order valence-corrected chi connectivity index (χ1v) is 4.59. The highest BCUT2D eigenvalue weighted by atomic mass is 16.8. The van der Waals surface area contributed by atoms with E-state index in [4.69, 9.17) is 14.1 Å². The van der Waals surface area contributed by atoms with Crippen molar-refractivity contribution in [3.63, 3.8) is 0 Å². The normalized spacial score (nSPS) is 9.31. The monoisotopic (exact) mass is 221 g/mol. The van der Waals surface area contributed by atoms with Crippen LogP contribution in [-0.4, -0.2) is 20.3 Å². The highest BCUT2D eigenvalue weighted by Crippen LogP contribution is 2.09. The molecule has 1 aromatic carbocycles. The third-order valence-corrected chi connectivity index (χ3v) is 1.61. The van der Waals surface area contributed by atoms with Crippen LogP contribution >= 0.6 is 0 Å². The fourth-order valence-electron chi connectivity index (χ4n) is 0.878. The summed E-state index contributed by atoms with van der Waals surface area (Å²) in [5, 5.41) is 0. The van der Waals surface area contributed by atoms with Gasteiger partial charge in [0.05, 0.1) is 0 Å². The van der Waals surface area contributed by atoms with E-state index in [1.165, 1.54) is 7.11 Å². The second-order valence-electron chi connectivity index (χ2n) is 2.74. The average Bonchev–Trinajstić information content (AvgIpc) is 2.35. The molecule has 0 saturated carbocycles. The molecule has 0 aliphatic heterocycles. The number of nitrogens with one attached hydrogen (secondary N) is 1. The number of rotatable bonds is 6.